The zero-order valence-electron chi connectivity index (χ0n) is 13.7. The Kier molecular flexibility index (Phi) is 5.78. The van der Waals surface area contributed by atoms with Crippen molar-refractivity contribution >= 4 is 17.7 Å². The van der Waals surface area contributed by atoms with Gasteiger partial charge in [-0.15, -0.1) is 0 Å². The van der Waals surface area contributed by atoms with Gasteiger partial charge in [-0.25, -0.2) is 4.98 Å². The average Bonchev–Trinajstić information content (AvgIpc) is 2.99. The van der Waals surface area contributed by atoms with E-state index in [0.29, 0.717) is 11.4 Å². The number of rotatable bonds is 4. The van der Waals surface area contributed by atoms with E-state index in [2.05, 4.69) is 14.8 Å². The molecule has 2 aliphatic heterocycles. The van der Waals surface area contributed by atoms with E-state index in [-0.39, 0.29) is 11.9 Å². The van der Waals surface area contributed by atoms with Gasteiger partial charge in [0.15, 0.2) is 0 Å². The molecule has 0 aromatic carbocycles. The van der Waals surface area contributed by atoms with E-state index in [1.54, 1.807) is 19.4 Å². The predicted molar refractivity (Wildman–Crippen MR) is 93.2 cm³/mol. The van der Waals surface area contributed by atoms with Crippen LogP contribution in [0.4, 0.5) is 0 Å². The summed E-state index contributed by atoms with van der Waals surface area (Å²) in [6, 6.07) is 3.90. The van der Waals surface area contributed by atoms with Gasteiger partial charge in [-0.2, -0.15) is 11.8 Å². The number of carbonyl (C=O) groups is 1. The molecular weight excluding hydrogens is 310 g/mol. The van der Waals surface area contributed by atoms with E-state index in [1.165, 1.54) is 25.9 Å². The SMILES string of the molecule is COc1ncccc1C(=O)N1CCCSC[C@H]1CN1CCCC1. The molecule has 1 atom stereocenters. The van der Waals surface area contributed by atoms with Crippen LogP contribution in [-0.2, 0) is 0 Å². The fraction of sp³-hybridized carbons (Fsp3) is 0.647. The van der Waals surface area contributed by atoms with Crippen molar-refractivity contribution in [1.82, 2.24) is 14.8 Å². The van der Waals surface area contributed by atoms with Crippen LogP contribution in [0.1, 0.15) is 29.6 Å². The molecule has 1 aromatic heterocycles. The summed E-state index contributed by atoms with van der Waals surface area (Å²) in [5, 5.41) is 0. The minimum Gasteiger partial charge on any atom is -0.480 e. The van der Waals surface area contributed by atoms with E-state index in [4.69, 9.17) is 4.74 Å². The van der Waals surface area contributed by atoms with Crippen LogP contribution in [0, 0.1) is 0 Å². The first-order valence-corrected chi connectivity index (χ1v) is 9.55. The van der Waals surface area contributed by atoms with Gasteiger partial charge in [-0.3, -0.25) is 4.79 Å². The van der Waals surface area contributed by atoms with Crippen molar-refractivity contribution in [1.29, 1.82) is 0 Å². The highest BCUT2D eigenvalue weighted by Crippen LogP contribution is 2.23. The minimum absolute atomic E-state index is 0.0571. The number of methoxy groups -OCH3 is 1. The first-order valence-electron chi connectivity index (χ1n) is 8.39. The van der Waals surface area contributed by atoms with E-state index in [9.17, 15) is 4.79 Å². The van der Waals surface area contributed by atoms with Crippen molar-refractivity contribution in [3.63, 3.8) is 0 Å². The molecule has 5 nitrogen and oxygen atoms in total. The molecule has 0 unspecified atom stereocenters. The predicted octanol–water partition coefficient (Wildman–Crippen LogP) is 2.13. The highest BCUT2D eigenvalue weighted by Gasteiger charge is 2.30. The zero-order chi connectivity index (χ0) is 16.1. The van der Waals surface area contributed by atoms with Crippen LogP contribution in [0.2, 0.25) is 0 Å². The lowest BCUT2D eigenvalue weighted by atomic mass is 10.1. The molecule has 0 spiro atoms. The van der Waals surface area contributed by atoms with E-state index < -0.39 is 0 Å². The van der Waals surface area contributed by atoms with Crippen LogP contribution in [0.15, 0.2) is 18.3 Å². The van der Waals surface area contributed by atoms with E-state index in [1.807, 2.05) is 17.8 Å². The molecule has 0 aliphatic carbocycles. The number of pyridine rings is 1. The van der Waals surface area contributed by atoms with Crippen molar-refractivity contribution in [2.75, 3.05) is 44.8 Å². The molecule has 1 aromatic rings. The number of amides is 1. The number of likely N-dealkylation sites (tertiary alicyclic amines) is 1. The number of nitrogens with zero attached hydrogens (tertiary/aromatic N) is 3. The Hall–Kier alpha value is -1.27. The number of thioether (sulfide) groups is 1. The summed E-state index contributed by atoms with van der Waals surface area (Å²) in [5.74, 6) is 2.63. The van der Waals surface area contributed by atoms with Gasteiger partial charge in [0.25, 0.3) is 5.91 Å². The standard InChI is InChI=1S/C17H25N3O2S/c1-22-16-15(6-4-7-18-16)17(21)20-10-5-11-23-13-14(20)12-19-8-2-3-9-19/h4,6-7,14H,2-3,5,8-13H2,1H3/t14-/m1/s1. The maximum absolute atomic E-state index is 13.1. The van der Waals surface area contributed by atoms with Gasteiger partial charge in [-0.1, -0.05) is 0 Å². The molecule has 0 saturated carbocycles. The molecule has 3 heterocycles. The summed E-state index contributed by atoms with van der Waals surface area (Å²) < 4.78 is 5.28. The lowest BCUT2D eigenvalue weighted by molar-refractivity contribution is 0.0662. The summed E-state index contributed by atoms with van der Waals surface area (Å²) in [6.07, 6.45) is 5.28. The third-order valence-corrected chi connectivity index (χ3v) is 5.76. The quantitative estimate of drug-likeness (QED) is 0.843. The van der Waals surface area contributed by atoms with Gasteiger partial charge in [0.2, 0.25) is 5.88 Å². The van der Waals surface area contributed by atoms with Crippen LogP contribution in [0.25, 0.3) is 0 Å². The molecule has 0 radical (unpaired) electrons. The Morgan fingerprint density at radius 2 is 2.17 bits per heavy atom. The summed E-state index contributed by atoms with van der Waals surface area (Å²) in [4.78, 5) is 21.8. The normalized spacial score (nSPS) is 22.8. The van der Waals surface area contributed by atoms with Crippen molar-refractivity contribution in [3.8, 4) is 5.88 Å². The second kappa shape index (κ2) is 8.02. The Balaban J connectivity index is 1.79. The molecule has 23 heavy (non-hydrogen) atoms. The van der Waals surface area contributed by atoms with Gasteiger partial charge >= 0.3 is 0 Å². The highest BCUT2D eigenvalue weighted by molar-refractivity contribution is 7.99. The fourth-order valence-corrected chi connectivity index (χ4v) is 4.44. The molecule has 0 bridgehead atoms. The van der Waals surface area contributed by atoms with Crippen molar-refractivity contribution in [3.05, 3.63) is 23.9 Å². The van der Waals surface area contributed by atoms with Crippen LogP contribution >= 0.6 is 11.8 Å². The Morgan fingerprint density at radius 3 is 2.96 bits per heavy atom. The lowest BCUT2D eigenvalue weighted by Gasteiger charge is -2.33. The third kappa shape index (κ3) is 3.98. The van der Waals surface area contributed by atoms with Gasteiger partial charge in [-0.05, 0) is 50.2 Å². The highest BCUT2D eigenvalue weighted by atomic mass is 32.2. The number of hydrogen-bond acceptors (Lipinski definition) is 5. The maximum atomic E-state index is 13.1. The lowest BCUT2D eigenvalue weighted by Crippen LogP contribution is -2.47. The van der Waals surface area contributed by atoms with Gasteiger partial charge in [0, 0.05) is 25.0 Å². The molecule has 1 amide bonds. The number of ether oxygens (including phenoxy) is 1. The molecule has 126 valence electrons. The van der Waals surface area contributed by atoms with Crippen LogP contribution in [0.3, 0.4) is 0 Å². The maximum Gasteiger partial charge on any atom is 0.259 e. The topological polar surface area (TPSA) is 45.7 Å². The van der Waals surface area contributed by atoms with Crippen LogP contribution < -0.4 is 4.74 Å². The largest absolute Gasteiger partial charge is 0.480 e. The summed E-state index contributed by atoms with van der Waals surface area (Å²) in [7, 11) is 1.57. The van der Waals surface area contributed by atoms with E-state index >= 15 is 0 Å². The van der Waals surface area contributed by atoms with Gasteiger partial charge < -0.3 is 14.5 Å². The Bertz CT molecular complexity index is 534. The number of aromatic nitrogens is 1. The van der Waals surface area contributed by atoms with Crippen LogP contribution in [0.5, 0.6) is 5.88 Å². The summed E-state index contributed by atoms with van der Waals surface area (Å²) in [5.41, 5.74) is 0.577. The Morgan fingerprint density at radius 1 is 1.35 bits per heavy atom. The molecule has 2 aliphatic rings. The monoisotopic (exact) mass is 335 g/mol. The smallest absolute Gasteiger partial charge is 0.259 e. The molecule has 2 saturated heterocycles. The molecule has 0 N–H and O–H groups in total. The minimum atomic E-state index is 0.0571. The van der Waals surface area contributed by atoms with Crippen molar-refractivity contribution in [2.45, 2.75) is 25.3 Å². The first-order chi connectivity index (χ1) is 11.3. The van der Waals surface area contributed by atoms with E-state index in [0.717, 1.165) is 31.0 Å². The number of carbonyl (C=O) groups excluding carboxylic acids is 1. The van der Waals surface area contributed by atoms with Crippen molar-refractivity contribution in [2.24, 2.45) is 0 Å². The number of hydrogen-bond donors (Lipinski definition) is 0. The second-order valence-electron chi connectivity index (χ2n) is 6.15. The molecular formula is C17H25N3O2S. The van der Waals surface area contributed by atoms with Crippen LogP contribution in [-0.4, -0.2) is 71.5 Å². The third-order valence-electron chi connectivity index (χ3n) is 4.56. The first kappa shape index (κ1) is 16.6. The Labute approximate surface area is 142 Å². The molecule has 6 heteroatoms. The average molecular weight is 335 g/mol. The molecule has 3 rings (SSSR count). The summed E-state index contributed by atoms with van der Waals surface area (Å²) in [6.45, 7) is 4.14. The van der Waals surface area contributed by atoms with Gasteiger partial charge in [0.05, 0.1) is 13.2 Å². The fourth-order valence-electron chi connectivity index (χ4n) is 3.38. The second-order valence-corrected chi connectivity index (χ2v) is 7.30. The van der Waals surface area contributed by atoms with Crippen molar-refractivity contribution < 1.29 is 9.53 Å². The summed E-state index contributed by atoms with van der Waals surface area (Å²) >= 11 is 1.97. The van der Waals surface area contributed by atoms with Gasteiger partial charge in [0.1, 0.15) is 5.56 Å². The zero-order valence-corrected chi connectivity index (χ0v) is 14.6. The molecule has 2 fully saturated rings.